The Balaban J connectivity index is 1.80. The molecule has 0 unspecified atom stereocenters. The normalized spacial score (nSPS) is 10.3. The molecule has 94 valence electrons. The summed E-state index contributed by atoms with van der Waals surface area (Å²) in [5, 5.41) is 0. The van der Waals surface area contributed by atoms with Gasteiger partial charge in [-0.1, -0.05) is 12.1 Å². The van der Waals surface area contributed by atoms with Crippen molar-refractivity contribution < 1.29 is 9.13 Å². The maximum atomic E-state index is 13.2. The summed E-state index contributed by atoms with van der Waals surface area (Å²) in [6.07, 6.45) is 3.30. The number of thioether (sulfide) groups is 1. The van der Waals surface area contributed by atoms with Crippen LogP contribution in [0.2, 0.25) is 0 Å². The molecule has 0 bridgehead atoms. The van der Waals surface area contributed by atoms with Crippen molar-refractivity contribution in [3.8, 4) is 5.75 Å². The van der Waals surface area contributed by atoms with Crippen molar-refractivity contribution in [2.75, 3.05) is 18.1 Å². The second-order valence-electron chi connectivity index (χ2n) is 3.54. The highest BCUT2D eigenvalue weighted by Gasteiger charge is 2.02. The maximum Gasteiger partial charge on any atom is 0.165 e. The number of hydrogen-bond donors (Lipinski definition) is 1. The van der Waals surface area contributed by atoms with Gasteiger partial charge in [-0.3, -0.25) is 4.98 Å². The van der Waals surface area contributed by atoms with Gasteiger partial charge in [-0.05, 0) is 18.2 Å². The molecular weight excluding hydrogens is 251 g/mol. The van der Waals surface area contributed by atoms with Gasteiger partial charge in [0, 0.05) is 16.8 Å². The van der Waals surface area contributed by atoms with Crippen molar-refractivity contribution in [2.24, 2.45) is 0 Å². The summed E-state index contributed by atoms with van der Waals surface area (Å²) in [4.78, 5) is 4.87. The predicted octanol–water partition coefficient (Wildman–Crippen LogP) is 2.97. The van der Waals surface area contributed by atoms with Crippen molar-refractivity contribution in [3.05, 3.63) is 48.5 Å². The van der Waals surface area contributed by atoms with Crippen molar-refractivity contribution in [2.45, 2.75) is 4.90 Å². The average Bonchev–Trinajstić information content (AvgIpc) is 2.38. The quantitative estimate of drug-likeness (QED) is 0.666. The molecule has 1 heterocycles. The van der Waals surface area contributed by atoms with Crippen LogP contribution in [0.1, 0.15) is 0 Å². The van der Waals surface area contributed by atoms with Crippen LogP contribution < -0.4 is 10.5 Å². The predicted molar refractivity (Wildman–Crippen MR) is 71.3 cm³/mol. The number of nitrogen functional groups attached to an aromatic ring is 1. The first-order chi connectivity index (χ1) is 8.77. The summed E-state index contributed by atoms with van der Waals surface area (Å²) < 4.78 is 18.6. The van der Waals surface area contributed by atoms with Crippen LogP contribution in [0.4, 0.5) is 10.1 Å². The molecule has 1 aromatic carbocycles. The Kier molecular flexibility index (Phi) is 4.41. The molecule has 0 saturated heterocycles. The molecule has 5 heteroatoms. The summed E-state index contributed by atoms with van der Waals surface area (Å²) in [6, 6.07) is 8.22. The van der Waals surface area contributed by atoms with Crippen LogP contribution in [-0.2, 0) is 0 Å². The zero-order chi connectivity index (χ0) is 12.8. The van der Waals surface area contributed by atoms with Crippen molar-refractivity contribution >= 4 is 17.4 Å². The molecule has 18 heavy (non-hydrogen) atoms. The number of pyridine rings is 1. The minimum Gasteiger partial charge on any atom is -0.490 e. The third kappa shape index (κ3) is 3.37. The van der Waals surface area contributed by atoms with Gasteiger partial charge in [0.05, 0.1) is 18.5 Å². The first kappa shape index (κ1) is 12.7. The fraction of sp³-hybridized carbons (Fsp3) is 0.154. The number of nitrogens with zero attached hydrogens (tertiary/aromatic N) is 1. The summed E-state index contributed by atoms with van der Waals surface area (Å²) >= 11 is 1.56. The molecule has 0 amide bonds. The molecule has 0 aliphatic carbocycles. The summed E-state index contributed by atoms with van der Waals surface area (Å²) in [7, 11) is 0. The Labute approximate surface area is 109 Å². The van der Waals surface area contributed by atoms with Crippen molar-refractivity contribution in [3.63, 3.8) is 0 Å². The van der Waals surface area contributed by atoms with E-state index >= 15 is 0 Å². The third-order valence-corrected chi connectivity index (χ3v) is 3.30. The van der Waals surface area contributed by atoms with E-state index in [4.69, 9.17) is 10.5 Å². The molecule has 0 radical (unpaired) electrons. The molecule has 0 spiro atoms. The zero-order valence-corrected chi connectivity index (χ0v) is 10.5. The fourth-order valence-electron chi connectivity index (χ4n) is 1.39. The summed E-state index contributed by atoms with van der Waals surface area (Å²) in [5.41, 5.74) is 6.40. The van der Waals surface area contributed by atoms with Crippen LogP contribution >= 0.6 is 11.8 Å². The van der Waals surface area contributed by atoms with Gasteiger partial charge in [-0.2, -0.15) is 0 Å². The fourth-order valence-corrected chi connectivity index (χ4v) is 2.15. The molecule has 0 fully saturated rings. The first-order valence-electron chi connectivity index (χ1n) is 5.47. The van der Waals surface area contributed by atoms with Crippen LogP contribution in [0.5, 0.6) is 5.75 Å². The first-order valence-corrected chi connectivity index (χ1v) is 6.45. The molecule has 0 aliphatic heterocycles. The van der Waals surface area contributed by atoms with Crippen LogP contribution in [0.15, 0.2) is 47.6 Å². The van der Waals surface area contributed by atoms with Gasteiger partial charge in [0.2, 0.25) is 0 Å². The second-order valence-corrected chi connectivity index (χ2v) is 4.68. The second kappa shape index (κ2) is 6.26. The number of anilines is 1. The van der Waals surface area contributed by atoms with E-state index in [1.807, 2.05) is 6.07 Å². The minimum absolute atomic E-state index is 0.279. The van der Waals surface area contributed by atoms with Crippen molar-refractivity contribution in [1.29, 1.82) is 0 Å². The Morgan fingerprint density at radius 3 is 2.89 bits per heavy atom. The van der Waals surface area contributed by atoms with Crippen LogP contribution in [0, 0.1) is 5.82 Å². The molecular formula is C13H13FN2OS. The monoisotopic (exact) mass is 264 g/mol. The highest BCUT2D eigenvalue weighted by atomic mass is 32.2. The van der Waals surface area contributed by atoms with E-state index in [-0.39, 0.29) is 11.6 Å². The third-order valence-electron chi connectivity index (χ3n) is 2.25. The molecule has 2 rings (SSSR count). The van der Waals surface area contributed by atoms with E-state index in [2.05, 4.69) is 4.98 Å². The topological polar surface area (TPSA) is 48.1 Å². The summed E-state index contributed by atoms with van der Waals surface area (Å²) in [5.74, 6) is 0.634. The van der Waals surface area contributed by atoms with Gasteiger partial charge in [0.1, 0.15) is 0 Å². The smallest absolute Gasteiger partial charge is 0.165 e. The van der Waals surface area contributed by atoms with E-state index in [1.165, 1.54) is 6.07 Å². The molecule has 3 nitrogen and oxygen atoms in total. The molecule has 1 aromatic heterocycles. The Morgan fingerprint density at radius 1 is 1.28 bits per heavy atom. The molecule has 2 N–H and O–H groups in total. The Morgan fingerprint density at radius 2 is 2.11 bits per heavy atom. The lowest BCUT2D eigenvalue weighted by atomic mass is 10.3. The number of nitrogens with two attached hydrogens (primary N) is 1. The summed E-state index contributed by atoms with van der Waals surface area (Å²) in [6.45, 7) is 0.424. The largest absolute Gasteiger partial charge is 0.490 e. The van der Waals surface area contributed by atoms with E-state index in [0.717, 1.165) is 4.90 Å². The number of hydrogen-bond acceptors (Lipinski definition) is 4. The number of para-hydroxylation sites is 1. The van der Waals surface area contributed by atoms with Crippen molar-refractivity contribution in [1.82, 2.24) is 4.98 Å². The Hall–Kier alpha value is -1.75. The van der Waals surface area contributed by atoms with Gasteiger partial charge in [0.15, 0.2) is 11.6 Å². The highest BCUT2D eigenvalue weighted by Crippen LogP contribution is 2.23. The van der Waals surface area contributed by atoms with Crippen LogP contribution in [0.3, 0.4) is 0 Å². The van der Waals surface area contributed by atoms with E-state index < -0.39 is 0 Å². The SMILES string of the molecule is Nc1cnccc1SCCOc1ccccc1F. The van der Waals surface area contributed by atoms with Gasteiger partial charge >= 0.3 is 0 Å². The van der Waals surface area contributed by atoms with Crippen LogP contribution in [0.25, 0.3) is 0 Å². The number of aromatic nitrogens is 1. The van der Waals surface area contributed by atoms with Crippen LogP contribution in [-0.4, -0.2) is 17.3 Å². The lowest BCUT2D eigenvalue weighted by molar-refractivity contribution is 0.325. The average molecular weight is 264 g/mol. The zero-order valence-electron chi connectivity index (χ0n) is 9.67. The van der Waals surface area contributed by atoms with E-state index in [9.17, 15) is 4.39 Å². The standard InChI is InChI=1S/C13H13FN2OS/c14-10-3-1-2-4-12(10)17-7-8-18-13-5-6-16-9-11(13)15/h1-6,9H,7-8,15H2. The van der Waals surface area contributed by atoms with Gasteiger partial charge < -0.3 is 10.5 Å². The molecule has 0 atom stereocenters. The lowest BCUT2D eigenvalue weighted by Crippen LogP contribution is -2.02. The Bertz CT molecular complexity index is 474. The van der Waals surface area contributed by atoms with E-state index in [1.54, 1.807) is 42.4 Å². The van der Waals surface area contributed by atoms with E-state index in [0.29, 0.717) is 18.0 Å². The minimum atomic E-state index is -0.342. The molecule has 2 aromatic rings. The number of ether oxygens (including phenoxy) is 1. The molecule has 0 aliphatic rings. The maximum absolute atomic E-state index is 13.2. The lowest BCUT2D eigenvalue weighted by Gasteiger charge is -2.07. The molecule has 0 saturated carbocycles. The van der Waals surface area contributed by atoms with Gasteiger partial charge in [-0.15, -0.1) is 11.8 Å². The van der Waals surface area contributed by atoms with Gasteiger partial charge in [0.25, 0.3) is 0 Å². The number of rotatable bonds is 5. The number of benzene rings is 1. The highest BCUT2D eigenvalue weighted by molar-refractivity contribution is 7.99. The van der Waals surface area contributed by atoms with Gasteiger partial charge in [-0.25, -0.2) is 4.39 Å². The number of halogens is 1.